The Morgan fingerprint density at radius 2 is 1.88 bits per heavy atom. The quantitative estimate of drug-likeness (QED) is 0.749. The summed E-state index contributed by atoms with van der Waals surface area (Å²) in [5.41, 5.74) is 6.02. The number of hydrogen-bond acceptors (Lipinski definition) is 2. The van der Waals surface area contributed by atoms with Gasteiger partial charge < -0.3 is 11.1 Å². The fourth-order valence-corrected chi connectivity index (χ4v) is 1.48. The van der Waals surface area contributed by atoms with Crippen LogP contribution in [0.4, 0.5) is 0 Å². The standard InChI is InChI=1S/C12H17ClN2O/c13-11-6-4-10(5-7-11)12(16)15-9-3-1-2-8-14/h4-7H,1-3,8-9,14H2,(H,15,16). The van der Waals surface area contributed by atoms with E-state index in [9.17, 15) is 4.79 Å². The van der Waals surface area contributed by atoms with Crippen LogP contribution >= 0.6 is 11.6 Å². The number of amides is 1. The van der Waals surface area contributed by atoms with Crippen molar-refractivity contribution in [3.63, 3.8) is 0 Å². The van der Waals surface area contributed by atoms with Gasteiger partial charge in [-0.25, -0.2) is 0 Å². The maximum atomic E-state index is 11.6. The van der Waals surface area contributed by atoms with Crippen LogP contribution in [-0.4, -0.2) is 19.0 Å². The van der Waals surface area contributed by atoms with Crippen molar-refractivity contribution < 1.29 is 4.79 Å². The van der Waals surface area contributed by atoms with Crippen LogP contribution in [0.1, 0.15) is 29.6 Å². The van der Waals surface area contributed by atoms with Gasteiger partial charge in [-0.05, 0) is 43.7 Å². The molecule has 0 bridgehead atoms. The second kappa shape index (κ2) is 7.25. The molecule has 0 aromatic heterocycles. The van der Waals surface area contributed by atoms with E-state index in [-0.39, 0.29) is 5.91 Å². The van der Waals surface area contributed by atoms with E-state index in [2.05, 4.69) is 5.32 Å². The lowest BCUT2D eigenvalue weighted by atomic mass is 10.2. The normalized spacial score (nSPS) is 10.1. The highest BCUT2D eigenvalue weighted by Crippen LogP contribution is 2.09. The van der Waals surface area contributed by atoms with Gasteiger partial charge in [-0.2, -0.15) is 0 Å². The summed E-state index contributed by atoms with van der Waals surface area (Å²) in [6.45, 7) is 1.41. The smallest absolute Gasteiger partial charge is 0.251 e. The number of carbonyl (C=O) groups excluding carboxylic acids is 1. The zero-order valence-corrected chi connectivity index (χ0v) is 9.96. The van der Waals surface area contributed by atoms with Crippen LogP contribution in [0.5, 0.6) is 0 Å². The molecule has 1 aromatic rings. The van der Waals surface area contributed by atoms with E-state index in [0.717, 1.165) is 19.3 Å². The summed E-state index contributed by atoms with van der Waals surface area (Å²) in [5, 5.41) is 3.49. The molecular weight excluding hydrogens is 224 g/mol. The van der Waals surface area contributed by atoms with Gasteiger partial charge in [0.1, 0.15) is 0 Å². The summed E-state index contributed by atoms with van der Waals surface area (Å²) >= 11 is 5.73. The Kier molecular flexibility index (Phi) is 5.90. The monoisotopic (exact) mass is 240 g/mol. The third-order valence-electron chi connectivity index (χ3n) is 2.27. The van der Waals surface area contributed by atoms with E-state index in [0.29, 0.717) is 23.7 Å². The van der Waals surface area contributed by atoms with Crippen LogP contribution in [0.25, 0.3) is 0 Å². The first-order chi connectivity index (χ1) is 7.74. The number of nitrogens with one attached hydrogen (secondary N) is 1. The number of rotatable bonds is 6. The first-order valence-corrected chi connectivity index (χ1v) is 5.85. The molecule has 0 aliphatic rings. The summed E-state index contributed by atoms with van der Waals surface area (Å²) in [6, 6.07) is 6.87. The molecule has 0 fully saturated rings. The SMILES string of the molecule is NCCCCCNC(=O)c1ccc(Cl)cc1. The Hall–Kier alpha value is -1.06. The number of halogens is 1. The Labute approximate surface area is 101 Å². The predicted molar refractivity (Wildman–Crippen MR) is 66.7 cm³/mol. The summed E-state index contributed by atoms with van der Waals surface area (Å²) in [5.74, 6) is -0.0515. The van der Waals surface area contributed by atoms with E-state index in [1.54, 1.807) is 24.3 Å². The molecule has 0 heterocycles. The Morgan fingerprint density at radius 3 is 2.50 bits per heavy atom. The summed E-state index contributed by atoms with van der Waals surface area (Å²) < 4.78 is 0. The van der Waals surface area contributed by atoms with Gasteiger partial charge in [-0.1, -0.05) is 18.0 Å². The molecule has 0 radical (unpaired) electrons. The summed E-state index contributed by atoms with van der Waals surface area (Å²) in [6.07, 6.45) is 3.03. The lowest BCUT2D eigenvalue weighted by Crippen LogP contribution is -2.24. The van der Waals surface area contributed by atoms with Crippen molar-refractivity contribution >= 4 is 17.5 Å². The molecule has 0 unspecified atom stereocenters. The van der Waals surface area contributed by atoms with Crippen molar-refractivity contribution in [2.75, 3.05) is 13.1 Å². The molecular formula is C12H17ClN2O. The van der Waals surface area contributed by atoms with Crippen LogP contribution < -0.4 is 11.1 Å². The second-order valence-electron chi connectivity index (χ2n) is 3.61. The number of carbonyl (C=O) groups is 1. The third-order valence-corrected chi connectivity index (χ3v) is 2.52. The number of benzene rings is 1. The van der Waals surface area contributed by atoms with Crippen LogP contribution in [0.2, 0.25) is 5.02 Å². The predicted octanol–water partition coefficient (Wildman–Crippen LogP) is 2.20. The van der Waals surface area contributed by atoms with Gasteiger partial charge in [0.05, 0.1) is 0 Å². The van der Waals surface area contributed by atoms with Crippen molar-refractivity contribution in [3.05, 3.63) is 34.9 Å². The molecule has 0 aliphatic carbocycles. The number of nitrogens with two attached hydrogens (primary N) is 1. The lowest BCUT2D eigenvalue weighted by Gasteiger charge is -2.04. The fourth-order valence-electron chi connectivity index (χ4n) is 1.35. The molecule has 88 valence electrons. The topological polar surface area (TPSA) is 55.1 Å². The minimum Gasteiger partial charge on any atom is -0.352 e. The lowest BCUT2D eigenvalue weighted by molar-refractivity contribution is 0.0953. The van der Waals surface area contributed by atoms with E-state index < -0.39 is 0 Å². The first-order valence-electron chi connectivity index (χ1n) is 5.48. The molecule has 0 saturated carbocycles. The average molecular weight is 241 g/mol. The number of unbranched alkanes of at least 4 members (excludes halogenated alkanes) is 2. The van der Waals surface area contributed by atoms with E-state index in [1.165, 1.54) is 0 Å². The van der Waals surface area contributed by atoms with Crippen molar-refractivity contribution in [1.82, 2.24) is 5.32 Å². The maximum absolute atomic E-state index is 11.6. The van der Waals surface area contributed by atoms with Gasteiger partial charge in [-0.15, -0.1) is 0 Å². The van der Waals surface area contributed by atoms with E-state index >= 15 is 0 Å². The number of hydrogen-bond donors (Lipinski definition) is 2. The van der Waals surface area contributed by atoms with E-state index in [4.69, 9.17) is 17.3 Å². The second-order valence-corrected chi connectivity index (χ2v) is 4.05. The molecule has 3 N–H and O–H groups in total. The zero-order chi connectivity index (χ0) is 11.8. The van der Waals surface area contributed by atoms with Gasteiger partial charge >= 0.3 is 0 Å². The molecule has 3 nitrogen and oxygen atoms in total. The first kappa shape index (κ1) is 13.0. The Bertz CT molecular complexity index is 324. The zero-order valence-electron chi connectivity index (χ0n) is 9.21. The van der Waals surface area contributed by atoms with Crippen LogP contribution in [0, 0.1) is 0 Å². The molecule has 0 atom stereocenters. The fraction of sp³-hybridized carbons (Fsp3) is 0.417. The van der Waals surface area contributed by atoms with Gasteiger partial charge in [0.25, 0.3) is 5.91 Å². The highest BCUT2D eigenvalue weighted by molar-refractivity contribution is 6.30. The highest BCUT2D eigenvalue weighted by Gasteiger charge is 2.03. The van der Waals surface area contributed by atoms with Crippen LogP contribution in [0.15, 0.2) is 24.3 Å². The van der Waals surface area contributed by atoms with Crippen LogP contribution in [0.3, 0.4) is 0 Å². The summed E-state index contributed by atoms with van der Waals surface area (Å²) in [7, 11) is 0. The van der Waals surface area contributed by atoms with Gasteiger partial charge in [0, 0.05) is 17.1 Å². The van der Waals surface area contributed by atoms with E-state index in [1.807, 2.05) is 0 Å². The minimum atomic E-state index is -0.0515. The van der Waals surface area contributed by atoms with Gasteiger partial charge in [0.15, 0.2) is 0 Å². The highest BCUT2D eigenvalue weighted by atomic mass is 35.5. The van der Waals surface area contributed by atoms with Crippen LogP contribution in [-0.2, 0) is 0 Å². The largest absolute Gasteiger partial charge is 0.352 e. The average Bonchev–Trinajstić information content (AvgIpc) is 2.29. The van der Waals surface area contributed by atoms with Crippen molar-refractivity contribution in [1.29, 1.82) is 0 Å². The minimum absolute atomic E-state index is 0.0515. The molecule has 4 heteroatoms. The summed E-state index contributed by atoms with van der Waals surface area (Å²) in [4.78, 5) is 11.6. The van der Waals surface area contributed by atoms with Gasteiger partial charge in [-0.3, -0.25) is 4.79 Å². The molecule has 1 rings (SSSR count). The van der Waals surface area contributed by atoms with Crippen molar-refractivity contribution in [2.24, 2.45) is 5.73 Å². The molecule has 16 heavy (non-hydrogen) atoms. The third kappa shape index (κ3) is 4.64. The Balaban J connectivity index is 2.27. The molecule has 1 amide bonds. The van der Waals surface area contributed by atoms with Gasteiger partial charge in [0.2, 0.25) is 0 Å². The molecule has 0 aliphatic heterocycles. The molecule has 1 aromatic carbocycles. The van der Waals surface area contributed by atoms with Crippen molar-refractivity contribution in [3.8, 4) is 0 Å². The van der Waals surface area contributed by atoms with Crippen molar-refractivity contribution in [2.45, 2.75) is 19.3 Å². The molecule has 0 saturated heterocycles. The maximum Gasteiger partial charge on any atom is 0.251 e. The molecule has 0 spiro atoms. The Morgan fingerprint density at radius 1 is 1.19 bits per heavy atom.